The third-order valence-electron chi connectivity index (χ3n) is 3.76. The normalized spacial score (nSPS) is 15.0. The summed E-state index contributed by atoms with van der Waals surface area (Å²) in [6, 6.07) is 3.77. The maximum absolute atomic E-state index is 11.9. The Kier molecular flexibility index (Phi) is 6.96. The Morgan fingerprint density at radius 2 is 1.56 bits per heavy atom. The first-order valence-corrected chi connectivity index (χ1v) is 10.8. The first kappa shape index (κ1) is 22.2. The molecule has 0 aromatic heterocycles. The molecule has 0 radical (unpaired) electrons. The molecule has 0 bridgehead atoms. The minimum atomic E-state index is -3.83. The van der Waals surface area contributed by atoms with Gasteiger partial charge in [0.2, 0.25) is 0 Å². The molecular weight excluding hydrogens is 359 g/mol. The van der Waals surface area contributed by atoms with Crippen molar-refractivity contribution in [2.45, 2.75) is 57.3 Å². The summed E-state index contributed by atoms with van der Waals surface area (Å²) >= 11 is 1.30. The summed E-state index contributed by atoms with van der Waals surface area (Å²) in [5.41, 5.74) is 1.14. The van der Waals surface area contributed by atoms with E-state index in [2.05, 4.69) is 4.52 Å². The minimum absolute atomic E-state index is 0.0752. The molecule has 1 rings (SSSR count). The van der Waals surface area contributed by atoms with E-state index in [9.17, 15) is 19.4 Å². The van der Waals surface area contributed by atoms with E-state index in [0.29, 0.717) is 0 Å². The molecule has 5 nitrogen and oxygen atoms in total. The summed E-state index contributed by atoms with van der Waals surface area (Å²) in [7, 11) is -2.72. The molecule has 1 aromatic rings. The number of thioether (sulfide) groups is 1. The third kappa shape index (κ3) is 6.45. The van der Waals surface area contributed by atoms with Crippen molar-refractivity contribution >= 4 is 25.1 Å². The van der Waals surface area contributed by atoms with Gasteiger partial charge in [-0.3, -0.25) is 9.36 Å². The van der Waals surface area contributed by atoms with E-state index in [1.165, 1.54) is 11.8 Å². The van der Waals surface area contributed by atoms with Gasteiger partial charge in [0.25, 0.3) is 0 Å². The Bertz CT molecular complexity index is 651. The van der Waals surface area contributed by atoms with Crippen LogP contribution in [0.25, 0.3) is 0 Å². The van der Waals surface area contributed by atoms with E-state index in [-0.39, 0.29) is 28.1 Å². The second kappa shape index (κ2) is 7.83. The molecule has 0 saturated carbocycles. The minimum Gasteiger partial charge on any atom is -0.507 e. The number of carbonyl (C=O) groups is 1. The van der Waals surface area contributed by atoms with Crippen molar-refractivity contribution < 1.29 is 23.9 Å². The quantitative estimate of drug-likeness (QED) is 0.552. The van der Waals surface area contributed by atoms with E-state index in [4.69, 9.17) is 0 Å². The van der Waals surface area contributed by atoms with E-state index in [1.807, 2.05) is 53.7 Å². The van der Waals surface area contributed by atoms with Gasteiger partial charge in [0.05, 0.1) is 5.75 Å². The van der Waals surface area contributed by atoms with Gasteiger partial charge in [0, 0.05) is 23.1 Å². The van der Waals surface area contributed by atoms with Crippen LogP contribution >= 0.6 is 19.4 Å². The van der Waals surface area contributed by atoms with Gasteiger partial charge in [-0.1, -0.05) is 41.5 Å². The summed E-state index contributed by atoms with van der Waals surface area (Å²) in [5.74, 6) is 0.0153. The molecular formula is C18H29O5PS. The average Bonchev–Trinajstić information content (AvgIpc) is 2.43. The second-order valence-corrected chi connectivity index (χ2v) is 11.2. The lowest BCUT2D eigenvalue weighted by Crippen LogP contribution is -2.17. The lowest BCUT2D eigenvalue weighted by Gasteiger charge is -2.28. The number of aromatic hydroxyl groups is 1. The second-order valence-electron chi connectivity index (χ2n) is 8.17. The largest absolute Gasteiger partial charge is 0.507 e. The highest BCUT2D eigenvalue weighted by atomic mass is 32.2. The molecule has 0 saturated heterocycles. The van der Waals surface area contributed by atoms with Crippen molar-refractivity contribution in [3.05, 3.63) is 23.3 Å². The first-order chi connectivity index (χ1) is 11.2. The zero-order chi connectivity index (χ0) is 19.6. The molecule has 0 amide bonds. The number of carbonyl (C=O) groups excluding carboxylic acids is 1. The third-order valence-corrected chi connectivity index (χ3v) is 6.12. The molecule has 0 aliphatic heterocycles. The number of Topliss-reactive ketones (excluding diaryl/α,β-unsaturated/α-hetero) is 1. The van der Waals surface area contributed by atoms with Gasteiger partial charge in [-0.25, -0.2) is 0 Å². The smallest absolute Gasteiger partial charge is 0.335 e. The van der Waals surface area contributed by atoms with Crippen molar-refractivity contribution in [3.63, 3.8) is 0 Å². The first-order valence-electron chi connectivity index (χ1n) is 8.07. The van der Waals surface area contributed by atoms with Crippen LogP contribution in [0.2, 0.25) is 0 Å². The topological polar surface area (TPSA) is 83.8 Å². The van der Waals surface area contributed by atoms with Crippen LogP contribution in [0.4, 0.5) is 0 Å². The van der Waals surface area contributed by atoms with Gasteiger partial charge < -0.3 is 14.5 Å². The van der Waals surface area contributed by atoms with Crippen molar-refractivity contribution in [2.75, 3.05) is 19.0 Å². The predicted molar refractivity (Wildman–Crippen MR) is 103 cm³/mol. The molecule has 1 atom stereocenters. The standard InChI is InChI=1S/C18H29O5PS/c1-17(2,3)14-8-13(9-15(16(14)20)18(4,5)6)25-11-12(19)10-24(21,22)23-7/h8-9,20H,10-11H2,1-7H3,(H,21,22). The monoisotopic (exact) mass is 388 g/mol. The van der Waals surface area contributed by atoms with Gasteiger partial charge in [0.15, 0.2) is 5.78 Å². The van der Waals surface area contributed by atoms with Crippen LogP contribution in [-0.2, 0) is 24.7 Å². The van der Waals surface area contributed by atoms with Crippen molar-refractivity contribution in [2.24, 2.45) is 0 Å². The van der Waals surface area contributed by atoms with Gasteiger partial charge in [0.1, 0.15) is 11.9 Å². The van der Waals surface area contributed by atoms with Crippen LogP contribution < -0.4 is 0 Å². The summed E-state index contributed by atoms with van der Waals surface area (Å²) in [6.07, 6.45) is -0.493. The van der Waals surface area contributed by atoms with E-state index >= 15 is 0 Å². The fourth-order valence-corrected chi connectivity index (χ4v) is 4.00. The predicted octanol–water partition coefficient (Wildman–Crippen LogP) is 4.48. The number of hydrogen-bond donors (Lipinski definition) is 2. The zero-order valence-electron chi connectivity index (χ0n) is 16.0. The molecule has 1 aromatic carbocycles. The highest BCUT2D eigenvalue weighted by Crippen LogP contribution is 2.43. The van der Waals surface area contributed by atoms with E-state index in [0.717, 1.165) is 23.1 Å². The van der Waals surface area contributed by atoms with Gasteiger partial charge in [-0.15, -0.1) is 11.8 Å². The number of hydrogen-bond acceptors (Lipinski definition) is 5. The van der Waals surface area contributed by atoms with Crippen molar-refractivity contribution in [3.8, 4) is 5.75 Å². The Balaban J connectivity index is 3.12. The highest BCUT2D eigenvalue weighted by Gasteiger charge is 2.27. The summed E-state index contributed by atoms with van der Waals surface area (Å²) < 4.78 is 15.9. The Morgan fingerprint density at radius 3 is 1.92 bits per heavy atom. The van der Waals surface area contributed by atoms with E-state index in [1.54, 1.807) is 0 Å². The maximum atomic E-state index is 11.9. The van der Waals surface area contributed by atoms with Gasteiger partial charge in [-0.05, 0) is 23.0 Å². The van der Waals surface area contributed by atoms with Crippen molar-refractivity contribution in [1.82, 2.24) is 0 Å². The number of rotatable bonds is 6. The molecule has 25 heavy (non-hydrogen) atoms. The zero-order valence-corrected chi connectivity index (χ0v) is 17.8. The summed E-state index contributed by atoms with van der Waals surface area (Å²) in [6.45, 7) is 12.1. The molecule has 0 aliphatic carbocycles. The van der Waals surface area contributed by atoms with E-state index < -0.39 is 13.8 Å². The highest BCUT2D eigenvalue weighted by molar-refractivity contribution is 8.00. The molecule has 1 unspecified atom stereocenters. The lowest BCUT2D eigenvalue weighted by atomic mass is 9.79. The van der Waals surface area contributed by atoms with Crippen LogP contribution in [0.15, 0.2) is 17.0 Å². The molecule has 0 spiro atoms. The Hall–Kier alpha value is -0.810. The lowest BCUT2D eigenvalue weighted by molar-refractivity contribution is -0.114. The van der Waals surface area contributed by atoms with Gasteiger partial charge >= 0.3 is 7.60 Å². The van der Waals surface area contributed by atoms with Crippen LogP contribution in [0, 0.1) is 0 Å². The number of phenols is 1. The fraction of sp³-hybridized carbons (Fsp3) is 0.611. The average molecular weight is 388 g/mol. The molecule has 142 valence electrons. The molecule has 0 aliphatic rings. The summed E-state index contributed by atoms with van der Waals surface area (Å²) in [5, 5.41) is 10.7. The SMILES string of the molecule is COP(=O)(O)CC(=O)CSc1cc(C(C)(C)C)c(O)c(C(C)(C)C)c1. The molecule has 2 N–H and O–H groups in total. The number of ketones is 1. The maximum Gasteiger partial charge on any atom is 0.335 e. The fourth-order valence-electron chi connectivity index (χ4n) is 2.33. The Labute approximate surface area is 154 Å². The van der Waals surface area contributed by atoms with Crippen LogP contribution in [0.1, 0.15) is 52.7 Å². The number of phenolic OH excluding ortho intramolecular Hbond substituents is 1. The summed E-state index contributed by atoms with van der Waals surface area (Å²) in [4.78, 5) is 22.2. The van der Waals surface area contributed by atoms with Gasteiger partial charge in [-0.2, -0.15) is 0 Å². The van der Waals surface area contributed by atoms with Crippen molar-refractivity contribution in [1.29, 1.82) is 0 Å². The number of benzene rings is 1. The molecule has 0 fully saturated rings. The molecule has 7 heteroatoms. The Morgan fingerprint density at radius 1 is 1.12 bits per heavy atom. The molecule has 0 heterocycles. The van der Waals surface area contributed by atoms with Crippen LogP contribution in [0.5, 0.6) is 5.75 Å². The van der Waals surface area contributed by atoms with Crippen LogP contribution in [0.3, 0.4) is 0 Å². The van der Waals surface area contributed by atoms with Crippen LogP contribution in [-0.4, -0.2) is 34.8 Å².